The Morgan fingerprint density at radius 3 is 2.60 bits per heavy atom. The standard InChI is InChI=1S/C14H29N3O.2ClH/c1-4-11(2)17(3)9-8-16-14(18)12-6-5-7-13(15)10-12;;/h11-13H,4-10,15H2,1-3H3,(H,16,18);2*1H. The van der Waals surface area contributed by atoms with E-state index < -0.39 is 0 Å². The third kappa shape index (κ3) is 7.67. The summed E-state index contributed by atoms with van der Waals surface area (Å²) in [5.41, 5.74) is 5.91. The van der Waals surface area contributed by atoms with E-state index in [0.29, 0.717) is 6.04 Å². The molecule has 0 aliphatic heterocycles. The SMILES string of the molecule is CCC(C)N(C)CCNC(=O)C1CCCC(N)C1.Cl.Cl. The van der Waals surface area contributed by atoms with E-state index in [-0.39, 0.29) is 42.7 Å². The van der Waals surface area contributed by atoms with E-state index in [9.17, 15) is 4.79 Å². The zero-order valence-electron chi connectivity index (χ0n) is 12.9. The van der Waals surface area contributed by atoms with Crippen LogP contribution in [0.5, 0.6) is 0 Å². The Morgan fingerprint density at radius 2 is 2.05 bits per heavy atom. The Hall–Kier alpha value is -0.0300. The second-order valence-electron chi connectivity index (χ2n) is 5.65. The lowest BCUT2D eigenvalue weighted by Gasteiger charge is -2.27. The highest BCUT2D eigenvalue weighted by molar-refractivity contribution is 5.85. The van der Waals surface area contributed by atoms with Crippen LogP contribution in [0, 0.1) is 5.92 Å². The molecule has 3 atom stereocenters. The Kier molecular flexibility index (Phi) is 12.9. The van der Waals surface area contributed by atoms with Crippen LogP contribution >= 0.6 is 24.8 Å². The number of hydrogen-bond acceptors (Lipinski definition) is 3. The highest BCUT2D eigenvalue weighted by Gasteiger charge is 2.24. The molecule has 0 aromatic heterocycles. The largest absolute Gasteiger partial charge is 0.355 e. The molecule has 1 amide bonds. The summed E-state index contributed by atoms with van der Waals surface area (Å²) < 4.78 is 0. The van der Waals surface area contributed by atoms with Gasteiger partial charge in [-0.25, -0.2) is 0 Å². The fraction of sp³-hybridized carbons (Fsp3) is 0.929. The molecule has 0 aromatic carbocycles. The number of amides is 1. The van der Waals surface area contributed by atoms with Crippen molar-refractivity contribution in [1.29, 1.82) is 0 Å². The van der Waals surface area contributed by atoms with Crippen molar-refractivity contribution >= 4 is 30.7 Å². The van der Waals surface area contributed by atoms with Crippen molar-refractivity contribution in [2.75, 3.05) is 20.1 Å². The van der Waals surface area contributed by atoms with Gasteiger partial charge in [0.2, 0.25) is 5.91 Å². The van der Waals surface area contributed by atoms with Gasteiger partial charge < -0.3 is 16.0 Å². The van der Waals surface area contributed by atoms with Crippen molar-refractivity contribution in [2.45, 2.75) is 58.0 Å². The van der Waals surface area contributed by atoms with Crippen LogP contribution in [0.1, 0.15) is 46.0 Å². The van der Waals surface area contributed by atoms with Crippen molar-refractivity contribution in [2.24, 2.45) is 11.7 Å². The van der Waals surface area contributed by atoms with Crippen molar-refractivity contribution in [1.82, 2.24) is 10.2 Å². The van der Waals surface area contributed by atoms with Crippen LogP contribution in [0.4, 0.5) is 0 Å². The summed E-state index contributed by atoms with van der Waals surface area (Å²) in [5, 5.41) is 3.05. The van der Waals surface area contributed by atoms with Crippen LogP contribution in [0.25, 0.3) is 0 Å². The van der Waals surface area contributed by atoms with Gasteiger partial charge in [0.25, 0.3) is 0 Å². The average molecular weight is 328 g/mol. The number of hydrogen-bond donors (Lipinski definition) is 2. The van der Waals surface area contributed by atoms with Crippen LogP contribution in [-0.4, -0.2) is 43.0 Å². The molecule has 1 aliphatic rings. The van der Waals surface area contributed by atoms with Gasteiger partial charge in [0.1, 0.15) is 0 Å². The number of carbonyl (C=O) groups is 1. The second kappa shape index (κ2) is 11.6. The van der Waals surface area contributed by atoms with E-state index in [0.717, 1.165) is 45.2 Å². The molecule has 0 radical (unpaired) electrons. The van der Waals surface area contributed by atoms with Gasteiger partial charge in [0.15, 0.2) is 0 Å². The molecule has 20 heavy (non-hydrogen) atoms. The molecule has 0 heterocycles. The molecule has 0 saturated heterocycles. The number of carbonyl (C=O) groups excluding carboxylic acids is 1. The lowest BCUT2D eigenvalue weighted by molar-refractivity contribution is -0.126. The van der Waals surface area contributed by atoms with Gasteiger partial charge in [0, 0.05) is 31.1 Å². The number of likely N-dealkylation sites (N-methyl/N-ethyl adjacent to an activating group) is 1. The Balaban J connectivity index is 0. The fourth-order valence-electron chi connectivity index (χ4n) is 2.50. The fourth-order valence-corrected chi connectivity index (χ4v) is 2.50. The highest BCUT2D eigenvalue weighted by Crippen LogP contribution is 2.22. The third-order valence-corrected chi connectivity index (χ3v) is 4.19. The van der Waals surface area contributed by atoms with Gasteiger partial charge in [-0.15, -0.1) is 24.8 Å². The monoisotopic (exact) mass is 327 g/mol. The summed E-state index contributed by atoms with van der Waals surface area (Å²) in [5.74, 6) is 0.338. The minimum atomic E-state index is 0. The molecule has 122 valence electrons. The summed E-state index contributed by atoms with van der Waals surface area (Å²) in [4.78, 5) is 14.3. The van der Waals surface area contributed by atoms with Crippen LogP contribution in [0.2, 0.25) is 0 Å². The molecule has 0 aromatic rings. The quantitative estimate of drug-likeness (QED) is 0.786. The molecule has 0 spiro atoms. The molecule has 1 rings (SSSR count). The summed E-state index contributed by atoms with van der Waals surface area (Å²) >= 11 is 0. The molecular weight excluding hydrogens is 297 g/mol. The Morgan fingerprint density at radius 1 is 1.40 bits per heavy atom. The van der Waals surface area contributed by atoms with Crippen LogP contribution in [0.3, 0.4) is 0 Å². The van der Waals surface area contributed by atoms with Crippen molar-refractivity contribution < 1.29 is 4.79 Å². The van der Waals surface area contributed by atoms with E-state index in [4.69, 9.17) is 5.73 Å². The summed E-state index contributed by atoms with van der Waals surface area (Å²) in [6, 6.07) is 0.794. The Bertz CT molecular complexity index is 267. The van der Waals surface area contributed by atoms with E-state index in [1.807, 2.05) is 0 Å². The highest BCUT2D eigenvalue weighted by atomic mass is 35.5. The van der Waals surface area contributed by atoms with E-state index in [1.54, 1.807) is 0 Å². The topological polar surface area (TPSA) is 58.4 Å². The number of nitrogens with one attached hydrogen (secondary N) is 1. The van der Waals surface area contributed by atoms with E-state index in [1.165, 1.54) is 0 Å². The van der Waals surface area contributed by atoms with Gasteiger partial charge in [-0.3, -0.25) is 4.79 Å². The number of rotatable bonds is 6. The lowest BCUT2D eigenvalue weighted by Crippen LogP contribution is -2.41. The average Bonchev–Trinajstić information content (AvgIpc) is 2.37. The molecule has 0 bridgehead atoms. The zero-order valence-corrected chi connectivity index (χ0v) is 14.6. The minimum Gasteiger partial charge on any atom is -0.355 e. The van der Waals surface area contributed by atoms with Crippen molar-refractivity contribution in [3.8, 4) is 0 Å². The maximum atomic E-state index is 12.0. The van der Waals surface area contributed by atoms with Crippen molar-refractivity contribution in [3.63, 3.8) is 0 Å². The van der Waals surface area contributed by atoms with E-state index in [2.05, 4.69) is 31.1 Å². The van der Waals surface area contributed by atoms with Gasteiger partial charge in [-0.05, 0) is 39.7 Å². The molecule has 3 N–H and O–H groups in total. The molecule has 4 nitrogen and oxygen atoms in total. The first-order chi connectivity index (χ1) is 8.54. The maximum absolute atomic E-state index is 12.0. The van der Waals surface area contributed by atoms with Crippen molar-refractivity contribution in [3.05, 3.63) is 0 Å². The number of nitrogens with zero attached hydrogens (tertiary/aromatic N) is 1. The summed E-state index contributed by atoms with van der Waals surface area (Å²) in [7, 11) is 2.11. The van der Waals surface area contributed by atoms with Gasteiger partial charge in [-0.2, -0.15) is 0 Å². The lowest BCUT2D eigenvalue weighted by atomic mass is 9.85. The van der Waals surface area contributed by atoms with Crippen LogP contribution < -0.4 is 11.1 Å². The first-order valence-corrected chi connectivity index (χ1v) is 7.28. The maximum Gasteiger partial charge on any atom is 0.223 e. The number of nitrogens with two attached hydrogens (primary N) is 1. The smallest absolute Gasteiger partial charge is 0.223 e. The minimum absolute atomic E-state index is 0. The molecule has 3 unspecified atom stereocenters. The van der Waals surface area contributed by atoms with Crippen LogP contribution in [0.15, 0.2) is 0 Å². The summed E-state index contributed by atoms with van der Waals surface area (Å²) in [6.45, 7) is 6.05. The summed E-state index contributed by atoms with van der Waals surface area (Å²) in [6.07, 6.45) is 5.16. The van der Waals surface area contributed by atoms with Gasteiger partial charge in [0.05, 0.1) is 0 Å². The van der Waals surface area contributed by atoms with E-state index >= 15 is 0 Å². The second-order valence-corrected chi connectivity index (χ2v) is 5.65. The molecular formula is C14H31Cl2N3O. The molecule has 6 heteroatoms. The predicted molar refractivity (Wildman–Crippen MR) is 89.8 cm³/mol. The molecule has 1 aliphatic carbocycles. The third-order valence-electron chi connectivity index (χ3n) is 4.19. The van der Waals surface area contributed by atoms with Crippen LogP contribution in [-0.2, 0) is 4.79 Å². The first-order valence-electron chi connectivity index (χ1n) is 7.28. The predicted octanol–water partition coefficient (Wildman–Crippen LogP) is 2.19. The Labute approximate surface area is 136 Å². The van der Waals surface area contributed by atoms with Gasteiger partial charge in [-0.1, -0.05) is 13.3 Å². The first kappa shape index (κ1) is 22.3. The zero-order chi connectivity index (χ0) is 13.5. The normalized spacial score (nSPS) is 23.4. The van der Waals surface area contributed by atoms with Gasteiger partial charge >= 0.3 is 0 Å². The molecule has 1 fully saturated rings. The molecule has 1 saturated carbocycles. The number of halogens is 2.